The SMILES string of the molecule is Cc1cc(C)n(-c2nc3c(c(=O)n2CC(=O)N(C)c2ccccc2)CCCC3)n1. The highest BCUT2D eigenvalue weighted by Gasteiger charge is 2.24. The van der Waals surface area contributed by atoms with E-state index in [2.05, 4.69) is 5.10 Å². The minimum Gasteiger partial charge on any atom is -0.314 e. The van der Waals surface area contributed by atoms with Gasteiger partial charge in [0.2, 0.25) is 11.9 Å². The molecule has 1 aliphatic rings. The van der Waals surface area contributed by atoms with Crippen LogP contribution < -0.4 is 10.5 Å². The van der Waals surface area contributed by atoms with Crippen molar-refractivity contribution in [1.29, 1.82) is 0 Å². The quantitative estimate of drug-likeness (QED) is 0.685. The summed E-state index contributed by atoms with van der Waals surface area (Å²) in [6.07, 6.45) is 3.49. The molecule has 1 aromatic carbocycles. The van der Waals surface area contributed by atoms with Gasteiger partial charge in [-0.2, -0.15) is 5.10 Å². The molecular formula is C22H25N5O2. The summed E-state index contributed by atoms with van der Waals surface area (Å²) in [5.74, 6) is 0.231. The Morgan fingerprint density at radius 1 is 1.14 bits per heavy atom. The van der Waals surface area contributed by atoms with Crippen LogP contribution in [0.2, 0.25) is 0 Å². The number of benzene rings is 1. The number of rotatable bonds is 4. The van der Waals surface area contributed by atoms with Gasteiger partial charge < -0.3 is 4.90 Å². The summed E-state index contributed by atoms with van der Waals surface area (Å²) in [6.45, 7) is 3.74. The lowest BCUT2D eigenvalue weighted by Gasteiger charge is -2.22. The van der Waals surface area contributed by atoms with Gasteiger partial charge in [-0.05, 0) is 57.7 Å². The standard InChI is InChI=1S/C22H25N5O2/c1-15-13-16(2)27(24-15)22-23-19-12-8-7-11-18(19)21(29)26(22)14-20(28)25(3)17-9-5-4-6-10-17/h4-6,9-10,13H,7-8,11-12,14H2,1-3H3. The van der Waals surface area contributed by atoms with Gasteiger partial charge in [-0.3, -0.25) is 14.2 Å². The van der Waals surface area contributed by atoms with E-state index in [-0.39, 0.29) is 18.0 Å². The van der Waals surface area contributed by atoms with E-state index in [9.17, 15) is 9.59 Å². The molecule has 0 radical (unpaired) electrons. The van der Waals surface area contributed by atoms with Crippen molar-refractivity contribution in [2.24, 2.45) is 0 Å². The average Bonchev–Trinajstić information content (AvgIpc) is 3.07. The van der Waals surface area contributed by atoms with E-state index in [1.165, 1.54) is 4.57 Å². The highest BCUT2D eigenvalue weighted by molar-refractivity contribution is 5.92. The molecular weight excluding hydrogens is 366 g/mol. The van der Waals surface area contributed by atoms with E-state index < -0.39 is 0 Å². The number of likely N-dealkylation sites (N-methyl/N-ethyl adjacent to an activating group) is 1. The van der Waals surface area contributed by atoms with E-state index in [1.54, 1.807) is 16.6 Å². The van der Waals surface area contributed by atoms with Gasteiger partial charge >= 0.3 is 0 Å². The Bertz CT molecular complexity index is 1110. The number of aromatic nitrogens is 4. The molecule has 2 heterocycles. The zero-order valence-corrected chi connectivity index (χ0v) is 17.1. The normalized spacial score (nSPS) is 13.2. The molecule has 29 heavy (non-hydrogen) atoms. The van der Waals surface area contributed by atoms with Crippen molar-refractivity contribution in [3.63, 3.8) is 0 Å². The van der Waals surface area contributed by atoms with Crippen LogP contribution in [0.4, 0.5) is 5.69 Å². The molecule has 0 bridgehead atoms. The molecule has 4 rings (SSSR count). The third-order valence-corrected chi connectivity index (χ3v) is 5.43. The first kappa shape index (κ1) is 19.1. The maximum Gasteiger partial charge on any atom is 0.258 e. The smallest absolute Gasteiger partial charge is 0.258 e. The molecule has 0 atom stereocenters. The van der Waals surface area contributed by atoms with E-state index in [1.807, 2.05) is 50.2 Å². The third-order valence-electron chi connectivity index (χ3n) is 5.43. The minimum absolute atomic E-state index is 0.0851. The second-order valence-corrected chi connectivity index (χ2v) is 7.56. The third kappa shape index (κ3) is 3.60. The second kappa shape index (κ2) is 7.66. The number of nitrogens with zero attached hydrogens (tertiary/aromatic N) is 5. The van der Waals surface area contributed by atoms with Gasteiger partial charge in [-0.15, -0.1) is 0 Å². The van der Waals surface area contributed by atoms with Crippen molar-refractivity contribution in [3.05, 3.63) is 69.4 Å². The van der Waals surface area contributed by atoms with Crippen LogP contribution in [0.15, 0.2) is 41.2 Å². The van der Waals surface area contributed by atoms with Crippen LogP contribution in [-0.4, -0.2) is 32.3 Å². The molecule has 0 fully saturated rings. The first-order valence-electron chi connectivity index (χ1n) is 9.93. The lowest BCUT2D eigenvalue weighted by molar-refractivity contribution is -0.118. The Morgan fingerprint density at radius 3 is 2.55 bits per heavy atom. The number of anilines is 1. The van der Waals surface area contributed by atoms with Gasteiger partial charge in [0.1, 0.15) is 6.54 Å². The van der Waals surface area contributed by atoms with Crippen molar-refractivity contribution < 1.29 is 4.79 Å². The molecule has 0 aliphatic heterocycles. The van der Waals surface area contributed by atoms with Crippen LogP contribution in [0, 0.1) is 13.8 Å². The zero-order chi connectivity index (χ0) is 20.5. The maximum absolute atomic E-state index is 13.3. The largest absolute Gasteiger partial charge is 0.314 e. The summed E-state index contributed by atoms with van der Waals surface area (Å²) in [7, 11) is 1.72. The number of hydrogen-bond acceptors (Lipinski definition) is 4. The molecule has 7 heteroatoms. The number of amides is 1. The second-order valence-electron chi connectivity index (χ2n) is 7.56. The number of carbonyl (C=O) groups is 1. The Balaban J connectivity index is 1.80. The first-order chi connectivity index (χ1) is 14.0. The lowest BCUT2D eigenvalue weighted by atomic mass is 9.97. The fourth-order valence-electron chi connectivity index (χ4n) is 3.85. The number of aryl methyl sites for hydroxylation is 3. The molecule has 0 saturated heterocycles. The van der Waals surface area contributed by atoms with Crippen LogP contribution in [0.1, 0.15) is 35.5 Å². The molecule has 1 amide bonds. The lowest BCUT2D eigenvalue weighted by Crippen LogP contribution is -2.38. The topological polar surface area (TPSA) is 73.0 Å². The van der Waals surface area contributed by atoms with Crippen LogP contribution in [0.5, 0.6) is 0 Å². The zero-order valence-electron chi connectivity index (χ0n) is 17.1. The fourth-order valence-corrected chi connectivity index (χ4v) is 3.85. The van der Waals surface area contributed by atoms with Crippen LogP contribution in [-0.2, 0) is 24.2 Å². The monoisotopic (exact) mass is 391 g/mol. The molecule has 1 aliphatic carbocycles. The molecule has 0 spiro atoms. The first-order valence-corrected chi connectivity index (χ1v) is 9.93. The summed E-state index contributed by atoms with van der Waals surface area (Å²) in [5, 5.41) is 4.51. The van der Waals surface area contributed by atoms with Gasteiger partial charge in [-0.25, -0.2) is 9.67 Å². The van der Waals surface area contributed by atoms with Gasteiger partial charge in [0.15, 0.2) is 0 Å². The fraction of sp³-hybridized carbons (Fsp3) is 0.364. The van der Waals surface area contributed by atoms with E-state index in [0.29, 0.717) is 12.4 Å². The highest BCUT2D eigenvalue weighted by Crippen LogP contribution is 2.19. The summed E-state index contributed by atoms with van der Waals surface area (Å²) in [4.78, 5) is 32.7. The van der Waals surface area contributed by atoms with Crippen LogP contribution in [0.3, 0.4) is 0 Å². The van der Waals surface area contributed by atoms with Crippen LogP contribution >= 0.6 is 0 Å². The Hall–Kier alpha value is -3.22. The molecule has 0 N–H and O–H groups in total. The molecule has 150 valence electrons. The molecule has 3 aromatic rings. The highest BCUT2D eigenvalue weighted by atomic mass is 16.2. The molecule has 7 nitrogen and oxygen atoms in total. The summed E-state index contributed by atoms with van der Waals surface area (Å²) in [6, 6.07) is 11.3. The number of para-hydroxylation sites is 1. The molecule has 0 saturated carbocycles. The van der Waals surface area contributed by atoms with E-state index in [4.69, 9.17) is 4.98 Å². The predicted molar refractivity (Wildman–Crippen MR) is 112 cm³/mol. The number of carbonyl (C=O) groups excluding carboxylic acids is 1. The Labute approximate surface area is 169 Å². The number of hydrogen-bond donors (Lipinski definition) is 0. The van der Waals surface area contributed by atoms with Crippen molar-refractivity contribution in [3.8, 4) is 5.95 Å². The maximum atomic E-state index is 13.3. The van der Waals surface area contributed by atoms with Crippen molar-refractivity contribution >= 4 is 11.6 Å². The van der Waals surface area contributed by atoms with E-state index in [0.717, 1.165) is 47.6 Å². The average molecular weight is 391 g/mol. The van der Waals surface area contributed by atoms with E-state index >= 15 is 0 Å². The van der Waals surface area contributed by atoms with Gasteiger partial charge in [0, 0.05) is 24.0 Å². The molecule has 0 unspecified atom stereocenters. The van der Waals surface area contributed by atoms with Crippen molar-refractivity contribution in [2.45, 2.75) is 46.1 Å². The minimum atomic E-state index is -0.182. The molecule has 2 aromatic heterocycles. The predicted octanol–water partition coefficient (Wildman–Crippen LogP) is 2.59. The van der Waals surface area contributed by atoms with Gasteiger partial charge in [0.25, 0.3) is 5.56 Å². The van der Waals surface area contributed by atoms with Crippen molar-refractivity contribution in [1.82, 2.24) is 19.3 Å². The van der Waals surface area contributed by atoms with Gasteiger partial charge in [-0.1, -0.05) is 18.2 Å². The summed E-state index contributed by atoms with van der Waals surface area (Å²) in [5.41, 5.74) is 3.94. The Kier molecular flexibility index (Phi) is 5.05. The van der Waals surface area contributed by atoms with Crippen molar-refractivity contribution in [2.75, 3.05) is 11.9 Å². The van der Waals surface area contributed by atoms with Crippen LogP contribution in [0.25, 0.3) is 5.95 Å². The van der Waals surface area contributed by atoms with Gasteiger partial charge in [0.05, 0.1) is 11.4 Å². The Morgan fingerprint density at radius 2 is 1.86 bits per heavy atom. The number of fused-ring (bicyclic) bond motifs is 1. The summed E-state index contributed by atoms with van der Waals surface area (Å²) < 4.78 is 3.15. The summed E-state index contributed by atoms with van der Waals surface area (Å²) >= 11 is 0.